The van der Waals surface area contributed by atoms with Crippen LogP contribution in [0.3, 0.4) is 0 Å². The number of ether oxygens (including phenoxy) is 2. The summed E-state index contributed by atoms with van der Waals surface area (Å²) in [6.07, 6.45) is -3.67. The van der Waals surface area contributed by atoms with Gasteiger partial charge >= 0.3 is 19.9 Å². The van der Waals surface area contributed by atoms with Gasteiger partial charge in [-0.05, 0) is 94.2 Å². The van der Waals surface area contributed by atoms with Gasteiger partial charge in [-0.2, -0.15) is 13.2 Å². The molecule has 0 spiro atoms. The molecular formula is C33H50ClF3NO7PSi. The Morgan fingerprint density at radius 2 is 1.57 bits per heavy atom. The average molecular weight is 724 g/mol. The lowest BCUT2D eigenvalue weighted by Crippen LogP contribution is -2.66. The van der Waals surface area contributed by atoms with Crippen LogP contribution in [0.25, 0.3) is 0 Å². The molecule has 14 heteroatoms. The van der Waals surface area contributed by atoms with Crippen molar-refractivity contribution in [2.45, 2.75) is 97.1 Å². The van der Waals surface area contributed by atoms with Gasteiger partial charge in [-0.3, -0.25) is 4.57 Å². The zero-order valence-corrected chi connectivity index (χ0v) is 32.9. The minimum atomic E-state index is -4.49. The van der Waals surface area contributed by atoms with Crippen molar-refractivity contribution in [3.63, 3.8) is 0 Å². The second kappa shape index (κ2) is 15.6. The zero-order valence-electron chi connectivity index (χ0n) is 29.3. The van der Waals surface area contributed by atoms with Gasteiger partial charge in [-0.15, -0.1) is 0 Å². The first-order chi connectivity index (χ1) is 21.5. The van der Waals surface area contributed by atoms with Crippen LogP contribution >= 0.6 is 19.2 Å². The number of alkyl carbamates (subject to hydrolysis) is 1. The average Bonchev–Trinajstić information content (AvgIpc) is 2.95. The summed E-state index contributed by atoms with van der Waals surface area (Å²) in [6, 6.07) is 9.59. The number of hydrogen-bond acceptors (Lipinski definition) is 7. The molecule has 2 aromatic carbocycles. The molecule has 0 aliphatic heterocycles. The minimum Gasteiger partial charge on any atom is -0.457 e. The third-order valence-electron chi connectivity index (χ3n) is 8.72. The molecule has 0 aromatic heterocycles. The highest BCUT2D eigenvalue weighted by Gasteiger charge is 2.60. The minimum absolute atomic E-state index is 0.0342. The number of hydrogen-bond donors (Lipinski definition) is 1. The van der Waals surface area contributed by atoms with Gasteiger partial charge in [-0.1, -0.05) is 51.4 Å². The van der Waals surface area contributed by atoms with Gasteiger partial charge in [-0.25, -0.2) is 4.79 Å². The van der Waals surface area contributed by atoms with Crippen LogP contribution in [0.4, 0.5) is 18.0 Å². The van der Waals surface area contributed by atoms with Gasteiger partial charge in [0.25, 0.3) is 0 Å². The summed E-state index contributed by atoms with van der Waals surface area (Å²) in [7, 11) is -0.710. The molecule has 0 saturated carbocycles. The molecule has 1 N–H and O–H groups in total. The second-order valence-electron chi connectivity index (χ2n) is 14.0. The van der Waals surface area contributed by atoms with Gasteiger partial charge in [0.2, 0.25) is 0 Å². The number of carbonyl (C=O) groups is 1. The predicted molar refractivity (Wildman–Crippen MR) is 183 cm³/mol. The van der Waals surface area contributed by atoms with Gasteiger partial charge in [0.05, 0.1) is 16.3 Å². The highest BCUT2D eigenvalue weighted by atomic mass is 35.5. The van der Waals surface area contributed by atoms with Gasteiger partial charge < -0.3 is 28.3 Å². The van der Waals surface area contributed by atoms with E-state index in [0.29, 0.717) is 34.8 Å². The van der Waals surface area contributed by atoms with E-state index in [-0.39, 0.29) is 18.1 Å². The van der Waals surface area contributed by atoms with Crippen LogP contribution in [0.2, 0.25) is 5.02 Å². The number of aryl methyl sites for hydroxylation is 1. The molecule has 266 valence electrons. The smallest absolute Gasteiger partial charge is 0.416 e. The quantitative estimate of drug-likeness (QED) is 0.154. The number of benzene rings is 2. The van der Waals surface area contributed by atoms with Crippen molar-refractivity contribution >= 4 is 35.8 Å². The van der Waals surface area contributed by atoms with Crippen LogP contribution in [0.1, 0.15) is 79.4 Å². The SMILES string of the molecule is COP(=O)(OC)C(C)(CO[SiH3])C(C)C(CCCc1ccc(Oc2cccc(C(F)(F)F)c2)cc1Cl)(NC(=O)OC(C)(C)C)C(C)(C)C. The van der Waals surface area contributed by atoms with Crippen LogP contribution < -0.4 is 10.1 Å². The maximum atomic E-state index is 14.1. The van der Waals surface area contributed by atoms with Crippen molar-refractivity contribution in [3.8, 4) is 11.5 Å². The lowest BCUT2D eigenvalue weighted by molar-refractivity contribution is -0.137. The van der Waals surface area contributed by atoms with E-state index in [1.807, 2.05) is 27.7 Å². The first kappa shape index (κ1) is 41.1. The summed E-state index contributed by atoms with van der Waals surface area (Å²) in [5.41, 5.74) is -2.42. The van der Waals surface area contributed by atoms with Crippen LogP contribution in [-0.2, 0) is 35.4 Å². The Kier molecular flexibility index (Phi) is 13.7. The number of nitrogens with one attached hydrogen (secondary N) is 1. The Labute approximate surface area is 285 Å². The fraction of sp³-hybridized carbons (Fsp3) is 0.606. The summed E-state index contributed by atoms with van der Waals surface area (Å²) in [5.74, 6) is -0.205. The van der Waals surface area contributed by atoms with Crippen molar-refractivity contribution in [3.05, 3.63) is 58.6 Å². The molecule has 0 fully saturated rings. The van der Waals surface area contributed by atoms with Crippen LogP contribution in [0.5, 0.6) is 11.5 Å². The van der Waals surface area contributed by atoms with Gasteiger partial charge in [0.15, 0.2) is 0 Å². The highest BCUT2D eigenvalue weighted by Crippen LogP contribution is 2.65. The molecule has 0 aliphatic rings. The molecule has 0 heterocycles. The van der Waals surface area contributed by atoms with E-state index in [9.17, 15) is 22.5 Å². The standard InChI is InChI=1S/C33H50ClF3NO7PSi/c1-22(31(8,21-43-47)46(40,41-9)42-10)32(29(2,3)4,38-28(39)45-30(5,6)7)18-12-13-23-16-17-26(20-27(23)34)44-25-15-11-14-24(19-25)33(35,36)37/h11,14-17,19-20,22H,12-13,18,21H2,1-10,47H3,(H,38,39). The van der Waals surface area contributed by atoms with E-state index in [0.717, 1.165) is 17.7 Å². The molecule has 2 aromatic rings. The summed E-state index contributed by atoms with van der Waals surface area (Å²) < 4.78 is 81.7. The molecular weight excluding hydrogens is 674 g/mol. The van der Waals surface area contributed by atoms with Crippen LogP contribution in [0.15, 0.2) is 42.5 Å². The monoisotopic (exact) mass is 723 g/mol. The van der Waals surface area contributed by atoms with E-state index >= 15 is 0 Å². The predicted octanol–water partition coefficient (Wildman–Crippen LogP) is 8.96. The highest BCUT2D eigenvalue weighted by molar-refractivity contribution is 7.55. The molecule has 47 heavy (non-hydrogen) atoms. The van der Waals surface area contributed by atoms with Crippen molar-refractivity contribution in [1.82, 2.24) is 5.32 Å². The number of carbonyl (C=O) groups excluding carboxylic acids is 1. The second-order valence-corrected chi connectivity index (χ2v) is 17.7. The van der Waals surface area contributed by atoms with Crippen molar-refractivity contribution in [2.24, 2.45) is 11.3 Å². The number of amides is 1. The maximum Gasteiger partial charge on any atom is 0.416 e. The first-order valence-electron chi connectivity index (χ1n) is 15.3. The third-order valence-corrected chi connectivity index (χ3v) is 12.1. The largest absolute Gasteiger partial charge is 0.457 e. The van der Waals surface area contributed by atoms with Crippen LogP contribution in [0, 0.1) is 11.3 Å². The lowest BCUT2D eigenvalue weighted by Gasteiger charge is -2.55. The number of alkyl halides is 3. The van der Waals surface area contributed by atoms with Crippen molar-refractivity contribution in [2.75, 3.05) is 20.8 Å². The Morgan fingerprint density at radius 3 is 2.06 bits per heavy atom. The Balaban J connectivity index is 2.48. The normalized spacial score (nSPS) is 16.2. The summed E-state index contributed by atoms with van der Waals surface area (Å²) in [4.78, 5) is 13.5. The zero-order chi connectivity index (χ0) is 36.1. The van der Waals surface area contributed by atoms with Crippen LogP contribution in [-0.4, -0.2) is 53.7 Å². The van der Waals surface area contributed by atoms with Crippen molar-refractivity contribution < 1.29 is 45.5 Å². The first-order valence-corrected chi connectivity index (χ1v) is 18.1. The third kappa shape index (κ3) is 9.98. The molecule has 8 nitrogen and oxygen atoms in total. The number of rotatable bonds is 14. The summed E-state index contributed by atoms with van der Waals surface area (Å²) >= 11 is 6.64. The fourth-order valence-corrected chi connectivity index (χ4v) is 9.14. The van der Waals surface area contributed by atoms with Gasteiger partial charge in [0.1, 0.15) is 27.6 Å². The Bertz CT molecular complexity index is 1410. The Morgan fingerprint density at radius 1 is 0.979 bits per heavy atom. The van der Waals surface area contributed by atoms with E-state index < -0.39 is 53.1 Å². The fourth-order valence-electron chi connectivity index (χ4n) is 6.06. The van der Waals surface area contributed by atoms with E-state index in [1.165, 1.54) is 26.4 Å². The molecule has 1 amide bonds. The maximum absolute atomic E-state index is 14.1. The number of halogens is 4. The topological polar surface area (TPSA) is 92.3 Å². The Hall–Kier alpha value is -2.08. The molecule has 2 rings (SSSR count). The molecule has 3 atom stereocenters. The summed E-state index contributed by atoms with van der Waals surface area (Å²) in [6.45, 7) is 15.1. The molecule has 0 saturated heterocycles. The lowest BCUT2D eigenvalue weighted by atomic mass is 9.61. The molecule has 3 unspecified atom stereocenters. The van der Waals surface area contributed by atoms with E-state index in [4.69, 9.17) is 34.5 Å². The molecule has 0 bridgehead atoms. The molecule has 0 aliphatic carbocycles. The van der Waals surface area contributed by atoms with Crippen molar-refractivity contribution in [1.29, 1.82) is 0 Å². The molecule has 0 radical (unpaired) electrons. The summed E-state index contributed by atoms with van der Waals surface area (Å²) in [5, 5.41) is 2.40. The van der Waals surface area contributed by atoms with E-state index in [1.54, 1.807) is 45.9 Å². The van der Waals surface area contributed by atoms with Gasteiger partial charge in [0, 0.05) is 25.8 Å². The van der Waals surface area contributed by atoms with E-state index in [2.05, 4.69) is 5.32 Å².